The van der Waals surface area contributed by atoms with Crippen LogP contribution in [0, 0.1) is 0 Å². The fourth-order valence-electron chi connectivity index (χ4n) is 1.57. The zero-order chi connectivity index (χ0) is 15.6. The van der Waals surface area contributed by atoms with E-state index in [-0.39, 0.29) is 15.6 Å². The van der Waals surface area contributed by atoms with Crippen molar-refractivity contribution in [2.24, 2.45) is 5.14 Å². The Kier molecular flexibility index (Phi) is 4.21. The fourth-order valence-corrected chi connectivity index (χ4v) is 3.34. The number of esters is 1. The van der Waals surface area contributed by atoms with Gasteiger partial charge in [0.05, 0.1) is 9.77 Å². The highest BCUT2D eigenvalue weighted by atomic mass is 32.2. The van der Waals surface area contributed by atoms with Gasteiger partial charge in [-0.2, -0.15) is 0 Å². The number of nitrogens with two attached hydrogens (primary N) is 1. The van der Waals surface area contributed by atoms with Crippen LogP contribution in [-0.4, -0.2) is 20.2 Å². The molecule has 0 unspecified atom stereocenters. The summed E-state index contributed by atoms with van der Waals surface area (Å²) in [6.07, 6.45) is 0. The minimum atomic E-state index is -3.82. The lowest BCUT2D eigenvalue weighted by Gasteiger charge is -2.02. The molecular weight excluding hydrogens is 314 g/mol. The van der Waals surface area contributed by atoms with E-state index in [0.717, 1.165) is 11.3 Å². The second-order valence-electron chi connectivity index (χ2n) is 4.14. The maximum absolute atomic E-state index is 12.2. The van der Waals surface area contributed by atoms with Gasteiger partial charge in [-0.3, -0.25) is 9.59 Å². The number of benzene rings is 1. The molecule has 0 saturated heterocycles. The monoisotopic (exact) mass is 325 g/mol. The zero-order valence-electron chi connectivity index (χ0n) is 10.9. The molecule has 21 heavy (non-hydrogen) atoms. The van der Waals surface area contributed by atoms with E-state index < -0.39 is 16.0 Å². The van der Waals surface area contributed by atoms with Gasteiger partial charge in [-0.05, 0) is 30.3 Å². The molecule has 0 aliphatic heterocycles. The SMILES string of the molecule is CC(=O)Oc1ccc(C(=O)c2cc(S(N)(=O)=O)cs2)cc1. The Bertz CT molecular complexity index is 790. The first kappa shape index (κ1) is 15.4. The second kappa shape index (κ2) is 5.76. The van der Waals surface area contributed by atoms with E-state index in [1.165, 1.54) is 42.6 Å². The van der Waals surface area contributed by atoms with Crippen molar-refractivity contribution in [3.63, 3.8) is 0 Å². The van der Waals surface area contributed by atoms with E-state index in [9.17, 15) is 18.0 Å². The molecule has 0 radical (unpaired) electrons. The highest BCUT2D eigenvalue weighted by molar-refractivity contribution is 7.89. The van der Waals surface area contributed by atoms with Crippen molar-refractivity contribution >= 4 is 33.1 Å². The summed E-state index contributed by atoms with van der Waals surface area (Å²) >= 11 is 1.00. The third-order valence-corrected chi connectivity index (χ3v) is 4.48. The van der Waals surface area contributed by atoms with Crippen LogP contribution in [0.5, 0.6) is 5.75 Å². The molecule has 0 aliphatic carbocycles. The van der Waals surface area contributed by atoms with E-state index in [2.05, 4.69) is 0 Å². The maximum Gasteiger partial charge on any atom is 0.308 e. The Morgan fingerprint density at radius 1 is 1.19 bits per heavy atom. The van der Waals surface area contributed by atoms with Crippen molar-refractivity contribution in [3.8, 4) is 5.75 Å². The van der Waals surface area contributed by atoms with Gasteiger partial charge in [-0.25, -0.2) is 13.6 Å². The van der Waals surface area contributed by atoms with E-state index in [4.69, 9.17) is 9.88 Å². The molecule has 0 aliphatic rings. The topological polar surface area (TPSA) is 104 Å². The Labute approximate surface area is 125 Å². The summed E-state index contributed by atoms with van der Waals surface area (Å²) in [5.41, 5.74) is 0.355. The predicted molar refractivity (Wildman–Crippen MR) is 76.9 cm³/mol. The largest absolute Gasteiger partial charge is 0.427 e. The number of ether oxygens (including phenoxy) is 1. The van der Waals surface area contributed by atoms with Crippen LogP contribution in [0.15, 0.2) is 40.6 Å². The lowest BCUT2D eigenvalue weighted by molar-refractivity contribution is -0.131. The van der Waals surface area contributed by atoms with Gasteiger partial charge in [0.1, 0.15) is 5.75 Å². The van der Waals surface area contributed by atoms with Crippen molar-refractivity contribution in [2.45, 2.75) is 11.8 Å². The van der Waals surface area contributed by atoms with Crippen molar-refractivity contribution in [2.75, 3.05) is 0 Å². The van der Waals surface area contributed by atoms with Crippen LogP contribution >= 0.6 is 11.3 Å². The third-order valence-electron chi connectivity index (χ3n) is 2.51. The van der Waals surface area contributed by atoms with Crippen LogP contribution in [0.3, 0.4) is 0 Å². The average Bonchev–Trinajstić information content (AvgIpc) is 2.87. The van der Waals surface area contributed by atoms with E-state index in [1.807, 2.05) is 0 Å². The van der Waals surface area contributed by atoms with Crippen LogP contribution in [0.2, 0.25) is 0 Å². The molecule has 0 atom stereocenters. The molecule has 1 aromatic heterocycles. The van der Waals surface area contributed by atoms with Crippen LogP contribution in [0.4, 0.5) is 0 Å². The summed E-state index contributed by atoms with van der Waals surface area (Å²) in [5.74, 6) is -0.454. The van der Waals surface area contributed by atoms with Crippen LogP contribution in [0.25, 0.3) is 0 Å². The summed E-state index contributed by atoms with van der Waals surface area (Å²) < 4.78 is 27.2. The smallest absolute Gasteiger partial charge is 0.308 e. The number of sulfonamides is 1. The van der Waals surface area contributed by atoms with Crippen molar-refractivity contribution in [1.82, 2.24) is 0 Å². The van der Waals surface area contributed by atoms with Crippen molar-refractivity contribution in [1.29, 1.82) is 0 Å². The molecule has 8 heteroatoms. The van der Waals surface area contributed by atoms with E-state index >= 15 is 0 Å². The van der Waals surface area contributed by atoms with Crippen LogP contribution in [-0.2, 0) is 14.8 Å². The number of carbonyl (C=O) groups is 2. The number of hydrogen-bond acceptors (Lipinski definition) is 6. The first-order chi connectivity index (χ1) is 9.77. The van der Waals surface area contributed by atoms with Crippen LogP contribution in [0.1, 0.15) is 22.2 Å². The molecule has 110 valence electrons. The molecular formula is C13H11NO5S2. The van der Waals surface area contributed by atoms with Gasteiger partial charge in [0.15, 0.2) is 0 Å². The maximum atomic E-state index is 12.2. The Morgan fingerprint density at radius 2 is 1.81 bits per heavy atom. The van der Waals surface area contributed by atoms with Gasteiger partial charge >= 0.3 is 5.97 Å². The summed E-state index contributed by atoms with van der Waals surface area (Å²) in [6.45, 7) is 1.28. The molecule has 6 nitrogen and oxygen atoms in total. The molecule has 0 fully saturated rings. The van der Waals surface area contributed by atoms with Crippen molar-refractivity contribution < 1.29 is 22.7 Å². The number of hydrogen-bond donors (Lipinski definition) is 1. The zero-order valence-corrected chi connectivity index (χ0v) is 12.5. The minimum Gasteiger partial charge on any atom is -0.427 e. The number of ketones is 1. The summed E-state index contributed by atoms with van der Waals surface area (Å²) in [5, 5.41) is 6.31. The molecule has 0 amide bonds. The van der Waals surface area contributed by atoms with Gasteiger partial charge in [-0.1, -0.05) is 0 Å². The van der Waals surface area contributed by atoms with Gasteiger partial charge in [0.2, 0.25) is 15.8 Å². The Hall–Kier alpha value is -2.03. The quantitative estimate of drug-likeness (QED) is 0.522. The Morgan fingerprint density at radius 3 is 2.29 bits per heavy atom. The highest BCUT2D eigenvalue weighted by Crippen LogP contribution is 2.22. The second-order valence-corrected chi connectivity index (χ2v) is 6.61. The number of primary sulfonamides is 1. The molecule has 2 rings (SSSR count). The first-order valence-corrected chi connectivity index (χ1v) is 8.14. The summed E-state index contributed by atoms with van der Waals surface area (Å²) in [7, 11) is -3.82. The predicted octanol–water partition coefficient (Wildman–Crippen LogP) is 1.55. The summed E-state index contributed by atoms with van der Waals surface area (Å²) in [4.78, 5) is 23.2. The van der Waals surface area contributed by atoms with Crippen molar-refractivity contribution in [3.05, 3.63) is 46.2 Å². The molecule has 2 N–H and O–H groups in total. The van der Waals surface area contributed by atoms with Gasteiger partial charge in [-0.15, -0.1) is 11.3 Å². The first-order valence-electron chi connectivity index (χ1n) is 5.72. The fraction of sp³-hybridized carbons (Fsp3) is 0.0769. The average molecular weight is 325 g/mol. The molecule has 0 saturated carbocycles. The lowest BCUT2D eigenvalue weighted by Crippen LogP contribution is -2.11. The van der Waals surface area contributed by atoms with Gasteiger partial charge < -0.3 is 4.74 Å². The Balaban J connectivity index is 2.24. The van der Waals surface area contributed by atoms with E-state index in [0.29, 0.717) is 11.3 Å². The van der Waals surface area contributed by atoms with Gasteiger partial charge in [0.25, 0.3) is 0 Å². The molecule has 0 spiro atoms. The number of thiophene rings is 1. The molecule has 2 aromatic rings. The third kappa shape index (κ3) is 3.75. The van der Waals surface area contributed by atoms with Crippen LogP contribution < -0.4 is 9.88 Å². The normalized spacial score (nSPS) is 11.1. The highest BCUT2D eigenvalue weighted by Gasteiger charge is 2.16. The lowest BCUT2D eigenvalue weighted by atomic mass is 10.1. The molecule has 1 heterocycles. The summed E-state index contributed by atoms with van der Waals surface area (Å²) in [6, 6.07) is 7.21. The molecule has 1 aromatic carbocycles. The van der Waals surface area contributed by atoms with Gasteiger partial charge in [0, 0.05) is 17.9 Å². The standard InChI is InChI=1S/C13H11NO5S2/c1-8(15)19-10-4-2-9(3-5-10)13(16)12-6-11(7-20-12)21(14,17)18/h2-7H,1H3,(H2,14,17,18). The van der Waals surface area contributed by atoms with E-state index in [1.54, 1.807) is 0 Å². The minimum absolute atomic E-state index is 0.0904. The number of rotatable bonds is 4. The molecule has 0 bridgehead atoms. The number of carbonyl (C=O) groups excluding carboxylic acids is 2.